The number of benzene rings is 1. The van der Waals surface area contributed by atoms with Gasteiger partial charge in [0.25, 0.3) is 0 Å². The molecule has 5 atom stereocenters. The van der Waals surface area contributed by atoms with Gasteiger partial charge >= 0.3 is 5.97 Å². The molecule has 25 heavy (non-hydrogen) atoms. The summed E-state index contributed by atoms with van der Waals surface area (Å²) in [5.74, 6) is -0.602. The van der Waals surface area contributed by atoms with Crippen LogP contribution < -0.4 is 0 Å². The van der Waals surface area contributed by atoms with Crippen LogP contribution in [0.4, 0.5) is 0 Å². The third kappa shape index (κ3) is 4.37. The predicted octanol–water partition coefficient (Wildman–Crippen LogP) is 0.249. The van der Waals surface area contributed by atoms with Crippen molar-refractivity contribution in [3.63, 3.8) is 0 Å². The molecule has 1 aliphatic rings. The highest BCUT2D eigenvalue weighted by atomic mass is 16.6. The summed E-state index contributed by atoms with van der Waals surface area (Å²) >= 11 is 0. The van der Waals surface area contributed by atoms with E-state index in [9.17, 15) is 25.2 Å². The van der Waals surface area contributed by atoms with Crippen molar-refractivity contribution >= 4 is 5.97 Å². The molecule has 1 heterocycles. The Kier molecular flexibility index (Phi) is 5.86. The number of ether oxygens (including phenoxy) is 2. The first-order chi connectivity index (χ1) is 11.5. The Balaban J connectivity index is 2.02. The maximum absolute atomic E-state index is 12.2. The third-order valence-corrected chi connectivity index (χ3v) is 4.34. The van der Waals surface area contributed by atoms with E-state index in [-0.39, 0.29) is 12.0 Å². The van der Waals surface area contributed by atoms with Gasteiger partial charge in [-0.1, -0.05) is 26.8 Å². The minimum atomic E-state index is -1.66. The fourth-order valence-corrected chi connectivity index (χ4v) is 2.94. The van der Waals surface area contributed by atoms with E-state index in [2.05, 4.69) is 20.8 Å². The maximum Gasteiger partial charge on any atom is 0.338 e. The van der Waals surface area contributed by atoms with E-state index in [0.717, 1.165) is 11.1 Å². The number of aliphatic hydroxyl groups is 4. The summed E-state index contributed by atoms with van der Waals surface area (Å²) in [5, 5.41) is 38.4. The summed E-state index contributed by atoms with van der Waals surface area (Å²) in [5.41, 5.74) is 2.40. The van der Waals surface area contributed by atoms with Crippen LogP contribution in [-0.2, 0) is 14.9 Å². The second-order valence-electron chi connectivity index (χ2n) is 7.42. The summed E-state index contributed by atoms with van der Waals surface area (Å²) in [6.45, 7) is 7.81. The molecule has 1 aromatic rings. The minimum Gasteiger partial charge on any atom is -0.459 e. The molecule has 1 saturated heterocycles. The molecule has 0 aliphatic carbocycles. The second kappa shape index (κ2) is 7.39. The number of esters is 1. The first kappa shape index (κ1) is 19.8. The van der Waals surface area contributed by atoms with Crippen molar-refractivity contribution in [2.24, 2.45) is 0 Å². The molecule has 4 N–H and O–H groups in total. The van der Waals surface area contributed by atoms with Gasteiger partial charge in [0.1, 0.15) is 31.0 Å². The van der Waals surface area contributed by atoms with Crippen LogP contribution in [0.2, 0.25) is 0 Å². The summed E-state index contributed by atoms with van der Waals surface area (Å²) in [6.07, 6.45) is -7.46. The Morgan fingerprint density at radius 2 is 1.76 bits per heavy atom. The molecule has 7 nitrogen and oxygen atoms in total. The van der Waals surface area contributed by atoms with E-state index in [1.165, 1.54) is 0 Å². The molecule has 0 spiro atoms. The Hall–Kier alpha value is -1.51. The SMILES string of the molecule is Cc1cc(C(=O)OC[C@H]2OC(O)[C@H](O)[C@@H](O)[C@H]2O)ccc1C(C)(C)C. The van der Waals surface area contributed by atoms with Gasteiger partial charge in [0.15, 0.2) is 6.29 Å². The largest absolute Gasteiger partial charge is 0.459 e. The molecule has 140 valence electrons. The summed E-state index contributed by atoms with van der Waals surface area (Å²) < 4.78 is 10.1. The first-order valence-electron chi connectivity index (χ1n) is 8.18. The number of hydrogen-bond donors (Lipinski definition) is 4. The van der Waals surface area contributed by atoms with Crippen molar-refractivity contribution < 1.29 is 34.7 Å². The van der Waals surface area contributed by atoms with Crippen molar-refractivity contribution in [3.8, 4) is 0 Å². The highest BCUT2D eigenvalue weighted by Crippen LogP contribution is 2.26. The maximum atomic E-state index is 12.2. The van der Waals surface area contributed by atoms with E-state index < -0.39 is 36.7 Å². The Labute approximate surface area is 146 Å². The fourth-order valence-electron chi connectivity index (χ4n) is 2.94. The van der Waals surface area contributed by atoms with Crippen LogP contribution in [0.3, 0.4) is 0 Å². The topological polar surface area (TPSA) is 116 Å². The average Bonchev–Trinajstić information content (AvgIpc) is 2.53. The van der Waals surface area contributed by atoms with Crippen molar-refractivity contribution in [1.82, 2.24) is 0 Å². The fraction of sp³-hybridized carbons (Fsp3) is 0.611. The first-order valence-corrected chi connectivity index (χ1v) is 8.18. The van der Waals surface area contributed by atoms with Crippen molar-refractivity contribution in [1.29, 1.82) is 0 Å². The van der Waals surface area contributed by atoms with E-state index >= 15 is 0 Å². The smallest absolute Gasteiger partial charge is 0.338 e. The molecule has 0 radical (unpaired) electrons. The van der Waals surface area contributed by atoms with Crippen molar-refractivity contribution in [2.75, 3.05) is 6.61 Å². The lowest BCUT2D eigenvalue weighted by Crippen LogP contribution is -2.58. The van der Waals surface area contributed by atoms with Gasteiger partial charge in [-0.25, -0.2) is 4.79 Å². The van der Waals surface area contributed by atoms with E-state index in [1.807, 2.05) is 13.0 Å². The van der Waals surface area contributed by atoms with Crippen LogP contribution in [0, 0.1) is 6.92 Å². The number of rotatable bonds is 3. The van der Waals surface area contributed by atoms with Crippen molar-refractivity contribution in [2.45, 2.75) is 63.8 Å². The average molecular weight is 354 g/mol. The van der Waals surface area contributed by atoms with Gasteiger partial charge in [-0.05, 0) is 35.6 Å². The van der Waals surface area contributed by atoms with Crippen LogP contribution in [0.1, 0.15) is 42.3 Å². The van der Waals surface area contributed by atoms with Crippen LogP contribution in [0.15, 0.2) is 18.2 Å². The number of carbonyl (C=O) groups is 1. The number of aliphatic hydroxyl groups excluding tert-OH is 4. The molecule has 7 heteroatoms. The molecule has 1 aromatic carbocycles. The van der Waals surface area contributed by atoms with Crippen LogP contribution in [0.25, 0.3) is 0 Å². The number of carbonyl (C=O) groups excluding carboxylic acids is 1. The number of hydrogen-bond acceptors (Lipinski definition) is 7. The molecule has 0 aromatic heterocycles. The van der Waals surface area contributed by atoms with Crippen molar-refractivity contribution in [3.05, 3.63) is 34.9 Å². The molecule has 0 saturated carbocycles. The van der Waals surface area contributed by atoms with Gasteiger partial charge in [-0.2, -0.15) is 0 Å². The quantitative estimate of drug-likeness (QED) is 0.575. The zero-order chi connectivity index (χ0) is 18.9. The molecule has 2 rings (SSSR count). The molecule has 0 bridgehead atoms. The van der Waals surface area contributed by atoms with Gasteiger partial charge in [-0.15, -0.1) is 0 Å². The molecular formula is C18H26O7. The molecule has 1 aliphatic heterocycles. The molecule has 1 unspecified atom stereocenters. The monoisotopic (exact) mass is 354 g/mol. The Morgan fingerprint density at radius 1 is 1.12 bits per heavy atom. The number of aryl methyl sites for hydroxylation is 1. The predicted molar refractivity (Wildman–Crippen MR) is 89.1 cm³/mol. The van der Waals surface area contributed by atoms with Gasteiger partial charge in [-0.3, -0.25) is 0 Å². The second-order valence-corrected chi connectivity index (χ2v) is 7.42. The van der Waals surface area contributed by atoms with E-state index in [0.29, 0.717) is 5.56 Å². The summed E-state index contributed by atoms with van der Waals surface area (Å²) in [4.78, 5) is 12.2. The van der Waals surface area contributed by atoms with Gasteiger partial charge in [0.2, 0.25) is 0 Å². The molecular weight excluding hydrogens is 328 g/mol. The zero-order valence-electron chi connectivity index (χ0n) is 14.8. The highest BCUT2D eigenvalue weighted by molar-refractivity contribution is 5.89. The standard InChI is InChI=1S/C18H26O7/c1-9-7-10(5-6-11(9)18(2,3)4)16(22)24-8-12-13(19)14(20)15(21)17(23)25-12/h5-7,12-15,17,19-21,23H,8H2,1-4H3/t12-,13+,14+,15-,17?/m1/s1. The van der Waals surface area contributed by atoms with Crippen LogP contribution >= 0.6 is 0 Å². The van der Waals surface area contributed by atoms with Crippen LogP contribution in [-0.4, -0.2) is 63.7 Å². The van der Waals surface area contributed by atoms with Gasteiger partial charge < -0.3 is 29.9 Å². The normalized spacial score (nSPS) is 30.2. The van der Waals surface area contributed by atoms with E-state index in [1.54, 1.807) is 12.1 Å². The molecule has 1 fully saturated rings. The molecule has 0 amide bonds. The van der Waals surface area contributed by atoms with Crippen LogP contribution in [0.5, 0.6) is 0 Å². The lowest BCUT2D eigenvalue weighted by Gasteiger charge is -2.37. The lowest BCUT2D eigenvalue weighted by atomic mass is 9.83. The summed E-state index contributed by atoms with van der Waals surface area (Å²) in [7, 11) is 0. The van der Waals surface area contributed by atoms with Gasteiger partial charge in [0, 0.05) is 0 Å². The van der Waals surface area contributed by atoms with Gasteiger partial charge in [0.05, 0.1) is 5.56 Å². The van der Waals surface area contributed by atoms with E-state index in [4.69, 9.17) is 9.47 Å². The zero-order valence-corrected chi connectivity index (χ0v) is 14.8. The summed E-state index contributed by atoms with van der Waals surface area (Å²) in [6, 6.07) is 5.28. The highest BCUT2D eigenvalue weighted by Gasteiger charge is 2.43. The minimum absolute atomic E-state index is 0.0420. The Morgan fingerprint density at radius 3 is 2.32 bits per heavy atom. The third-order valence-electron chi connectivity index (χ3n) is 4.34. The lowest BCUT2D eigenvalue weighted by molar-refractivity contribution is -0.286. The Bertz CT molecular complexity index is 622.